The van der Waals surface area contributed by atoms with E-state index in [0.29, 0.717) is 0 Å². The van der Waals surface area contributed by atoms with Crippen molar-refractivity contribution in [3.63, 3.8) is 0 Å². The van der Waals surface area contributed by atoms with Gasteiger partial charge in [-0.3, -0.25) is 0 Å². The molecule has 8 nitrogen and oxygen atoms in total. The molecule has 0 aliphatic rings. The van der Waals surface area contributed by atoms with Gasteiger partial charge in [0, 0.05) is 0 Å². The van der Waals surface area contributed by atoms with E-state index < -0.39 is 19.8 Å². The first kappa shape index (κ1) is 24.0. The monoisotopic (exact) mass is 272 g/mol. The Balaban J connectivity index is -0.0000000546. The van der Waals surface area contributed by atoms with Gasteiger partial charge in [0.25, 0.3) is 0 Å². The van der Waals surface area contributed by atoms with Crippen molar-refractivity contribution in [2.75, 3.05) is 0 Å². The number of aliphatic carboxylic acids is 2. The van der Waals surface area contributed by atoms with E-state index in [-0.39, 0.29) is 75.5 Å². The van der Waals surface area contributed by atoms with Gasteiger partial charge in [-0.05, 0) is 0 Å². The van der Waals surface area contributed by atoms with Crippen LogP contribution in [0.15, 0.2) is 0 Å². The van der Waals surface area contributed by atoms with Crippen LogP contribution in [-0.2, 0) is 14.2 Å². The summed E-state index contributed by atoms with van der Waals surface area (Å²) < 4.78 is 8.88. The van der Waals surface area contributed by atoms with Crippen LogP contribution in [0.25, 0.3) is 0 Å². The number of carboxylic acid groups (broad SMARTS) is 2. The van der Waals surface area contributed by atoms with Crippen molar-refractivity contribution in [3.05, 3.63) is 0 Å². The maximum atomic E-state index is 9.10. The van der Waals surface area contributed by atoms with Crippen LogP contribution in [0.3, 0.4) is 0 Å². The van der Waals surface area contributed by atoms with Gasteiger partial charge in [-0.2, -0.15) is 0 Å². The fourth-order valence-corrected chi connectivity index (χ4v) is 0. The molecule has 0 rings (SSSR count). The summed E-state index contributed by atoms with van der Waals surface area (Å²) >= 11 is 0. The van der Waals surface area contributed by atoms with Gasteiger partial charge in [-0.25, -0.2) is 14.2 Å². The molecule has 0 saturated carbocycles. The minimum atomic E-state index is -4.64. The van der Waals surface area contributed by atoms with Crippen LogP contribution in [0.2, 0.25) is 0 Å². The molecule has 0 heterocycles. The van der Waals surface area contributed by atoms with E-state index in [9.17, 15) is 0 Å². The van der Waals surface area contributed by atoms with Crippen molar-refractivity contribution in [2.24, 2.45) is 0 Å². The fourth-order valence-electron chi connectivity index (χ4n) is 0. The molecule has 0 amide bonds. The van der Waals surface area contributed by atoms with Crippen molar-refractivity contribution >= 4 is 95.2 Å². The van der Waals surface area contributed by atoms with Crippen LogP contribution in [0.5, 0.6) is 0 Å². The van der Waals surface area contributed by atoms with Crippen molar-refractivity contribution < 1.29 is 39.0 Å². The molecule has 0 aliphatic carbocycles. The second-order valence-corrected chi connectivity index (χ2v) is 2.15. The predicted octanol–water partition coefficient (Wildman–Crippen LogP) is -3.61. The third-order valence-electron chi connectivity index (χ3n) is 0.183. The van der Waals surface area contributed by atoms with Gasteiger partial charge in [0.1, 0.15) is 0 Å². The maximum absolute atomic E-state index is 9.10. The number of carboxylic acids is 2. The molecule has 0 aliphatic heterocycles. The summed E-state index contributed by atoms with van der Waals surface area (Å²) in [5.41, 5.74) is 0. The molecule has 0 atom stereocenters. The molecule has 5 N–H and O–H groups in total. The van der Waals surface area contributed by atoms with Crippen LogP contribution < -0.4 is 0 Å². The zero-order valence-corrected chi connectivity index (χ0v) is 5.80. The summed E-state index contributed by atoms with van der Waals surface area (Å²) in [4.78, 5) is 39.8. The number of hydrogen-bond acceptors (Lipinski definition) is 3. The first-order chi connectivity index (χ1) is 4.64. The second-order valence-electron chi connectivity index (χ2n) is 1.12. The van der Waals surface area contributed by atoms with Crippen LogP contribution in [0, 0.1) is 0 Å². The molecule has 0 aromatic heterocycles. The fraction of sp³-hybridized carbons (Fsp3) is 0. The van der Waals surface area contributed by atoms with Crippen LogP contribution >= 0.6 is 7.82 Å². The molecule has 13 heavy (non-hydrogen) atoms. The van der Waals surface area contributed by atoms with E-state index in [1.54, 1.807) is 0 Å². The van der Waals surface area contributed by atoms with E-state index in [4.69, 9.17) is 39.0 Å². The third kappa shape index (κ3) is 58.6. The molecule has 0 spiro atoms. The number of hydrogen-bond donors (Lipinski definition) is 5. The first-order valence-corrected chi connectivity index (χ1v) is 3.45. The Hall–Kier alpha value is 1.57. The molecule has 0 bridgehead atoms. The molecule has 0 fully saturated rings. The Morgan fingerprint density at radius 2 is 0.923 bits per heavy atom. The third-order valence-corrected chi connectivity index (χ3v) is 0.183. The minimum absolute atomic E-state index is 0. The van der Waals surface area contributed by atoms with Gasteiger partial charge in [0.15, 0.2) is 0 Å². The van der Waals surface area contributed by atoms with E-state index in [2.05, 4.69) is 0 Å². The van der Waals surface area contributed by atoms with Gasteiger partial charge in [0.2, 0.25) is 0 Å². The zero-order chi connectivity index (χ0) is 9.65. The van der Waals surface area contributed by atoms with Crippen LogP contribution in [-0.4, -0.2) is 112 Å². The molecule has 0 unspecified atom stereocenters. The molecule has 0 aromatic rings. The van der Waals surface area contributed by atoms with E-state index in [1.165, 1.54) is 0 Å². The predicted molar refractivity (Wildman–Crippen MR) is 46.6 cm³/mol. The first-order valence-electron chi connectivity index (χ1n) is 1.89. The molecule has 0 saturated heterocycles. The van der Waals surface area contributed by atoms with Gasteiger partial charge in [-0.15, -0.1) is 0 Å². The van der Waals surface area contributed by atoms with Crippen molar-refractivity contribution in [1.29, 1.82) is 0 Å². The van der Waals surface area contributed by atoms with Crippen LogP contribution in [0.1, 0.15) is 0 Å². The Kier molecular flexibility index (Phi) is 21.5. The molecular weight excluding hydrogens is 263 g/mol. The summed E-state index contributed by atoms with van der Waals surface area (Å²) in [6.45, 7) is 0. The average molecular weight is 272 g/mol. The number of rotatable bonds is 0. The van der Waals surface area contributed by atoms with Gasteiger partial charge in [0.05, 0.1) is 0 Å². The Labute approximate surface area is 132 Å². The summed E-state index contributed by atoms with van der Waals surface area (Å²) in [5, 5.41) is 14.8. The summed E-state index contributed by atoms with van der Waals surface area (Å²) in [7, 11) is -4.64. The summed E-state index contributed by atoms with van der Waals surface area (Å²) in [6, 6.07) is 0. The molecule has 0 aromatic carbocycles. The molecule has 0 radical (unpaired) electrons. The van der Waals surface area contributed by atoms with Gasteiger partial charge in [-0.1, -0.05) is 0 Å². The summed E-state index contributed by atoms with van der Waals surface area (Å²) in [6.07, 6.45) is 0. The average Bonchev–Trinajstić information content (AvgIpc) is 1.59. The number of carbonyl (C=O) groups is 2. The van der Waals surface area contributed by atoms with Gasteiger partial charge < -0.3 is 24.9 Å². The molecule has 11 heteroatoms. The van der Waals surface area contributed by atoms with Crippen molar-refractivity contribution in [2.45, 2.75) is 0 Å². The van der Waals surface area contributed by atoms with Crippen LogP contribution in [0.4, 0.5) is 0 Å². The van der Waals surface area contributed by atoms with Crippen molar-refractivity contribution in [1.82, 2.24) is 0 Å². The standard InChI is InChI=1S/C2H2O4.2Ca.H3O4P.4H/c3-1(4)2(5)6;;;1-5(2,3)4;;;;/h(H,3,4)(H,5,6);;;(H3,1,2,3,4);;;;. The van der Waals surface area contributed by atoms with Gasteiger partial charge >= 0.3 is 95.2 Å². The van der Waals surface area contributed by atoms with E-state index >= 15 is 0 Å². The topological polar surface area (TPSA) is 152 Å². The van der Waals surface area contributed by atoms with E-state index in [0.717, 1.165) is 0 Å². The Morgan fingerprint density at radius 3 is 0.923 bits per heavy atom. The second kappa shape index (κ2) is 11.6. The quantitative estimate of drug-likeness (QED) is 0.172. The SMILES string of the molecule is O=C(O)C(=O)O.O=P(O)(O)O.[CaH2].[CaH2]. The Morgan fingerprint density at radius 1 is 0.846 bits per heavy atom. The van der Waals surface area contributed by atoms with E-state index in [1.807, 2.05) is 0 Å². The Bertz CT molecular complexity index is 176. The number of phosphoric acid groups is 1. The summed E-state index contributed by atoms with van der Waals surface area (Å²) in [5.74, 6) is -3.65. The normalized spacial score (nSPS) is 7.92. The molecular formula is C2H9Ca2O8P. The molecule has 74 valence electrons. The zero-order valence-electron chi connectivity index (χ0n) is 4.91. The van der Waals surface area contributed by atoms with Crippen molar-refractivity contribution in [3.8, 4) is 0 Å².